The minimum absolute atomic E-state index is 0.0102. The molecule has 1 aromatic carbocycles. The summed E-state index contributed by atoms with van der Waals surface area (Å²) in [4.78, 5) is 24.0. The maximum atomic E-state index is 12.3. The van der Waals surface area contributed by atoms with Gasteiger partial charge in [0.05, 0.1) is 6.54 Å². The molecule has 116 valence electrons. The van der Waals surface area contributed by atoms with Crippen molar-refractivity contribution < 1.29 is 9.59 Å². The van der Waals surface area contributed by atoms with Gasteiger partial charge < -0.3 is 10.6 Å². The first-order valence-electron chi connectivity index (χ1n) is 7.16. The zero-order valence-electron chi connectivity index (χ0n) is 13.0. The molecule has 2 amide bonds. The highest BCUT2D eigenvalue weighted by molar-refractivity contribution is 5.97. The monoisotopic (exact) mass is 300 g/mol. The zero-order chi connectivity index (χ0) is 16.1. The molecule has 0 atom stereocenters. The molecule has 0 bridgehead atoms. The van der Waals surface area contributed by atoms with Gasteiger partial charge in [-0.15, -0.1) is 0 Å². The molecular weight excluding hydrogens is 280 g/mol. The van der Waals surface area contributed by atoms with E-state index in [4.69, 9.17) is 0 Å². The number of nitrogens with one attached hydrogen (secondary N) is 2. The van der Waals surface area contributed by atoms with Gasteiger partial charge in [-0.2, -0.15) is 5.10 Å². The van der Waals surface area contributed by atoms with Crippen LogP contribution in [0.15, 0.2) is 36.4 Å². The predicted octanol–water partition coefficient (Wildman–Crippen LogP) is 1.43. The van der Waals surface area contributed by atoms with E-state index in [1.165, 1.54) is 13.1 Å². The summed E-state index contributed by atoms with van der Waals surface area (Å²) in [7, 11) is 1.53. The molecule has 0 saturated heterocycles. The van der Waals surface area contributed by atoms with E-state index in [9.17, 15) is 9.59 Å². The van der Waals surface area contributed by atoms with Crippen molar-refractivity contribution in [1.29, 1.82) is 0 Å². The van der Waals surface area contributed by atoms with Gasteiger partial charge in [-0.25, -0.2) is 0 Å². The Bertz CT molecular complexity index is 662. The number of nitrogens with zero attached hydrogens (tertiary/aromatic N) is 2. The second-order valence-corrected chi connectivity index (χ2v) is 5.27. The Morgan fingerprint density at radius 3 is 2.45 bits per heavy atom. The molecule has 2 N–H and O–H groups in total. The van der Waals surface area contributed by atoms with E-state index in [2.05, 4.69) is 15.7 Å². The summed E-state index contributed by atoms with van der Waals surface area (Å²) in [5.74, 6) is -0.556. The normalized spacial score (nSPS) is 10.5. The predicted molar refractivity (Wildman–Crippen MR) is 83.8 cm³/mol. The summed E-state index contributed by atoms with van der Waals surface area (Å²) in [5.41, 5.74) is 1.61. The van der Waals surface area contributed by atoms with Crippen LogP contribution in [0.4, 0.5) is 0 Å². The van der Waals surface area contributed by atoms with Gasteiger partial charge in [0.2, 0.25) is 0 Å². The Morgan fingerprint density at radius 2 is 1.86 bits per heavy atom. The molecule has 0 aliphatic carbocycles. The number of hydrogen-bond donors (Lipinski definition) is 2. The van der Waals surface area contributed by atoms with E-state index in [-0.39, 0.29) is 23.6 Å². The molecule has 0 aliphatic rings. The van der Waals surface area contributed by atoms with Gasteiger partial charge >= 0.3 is 0 Å². The van der Waals surface area contributed by atoms with Gasteiger partial charge in [0.15, 0.2) is 5.69 Å². The third kappa shape index (κ3) is 3.72. The lowest BCUT2D eigenvalue weighted by Crippen LogP contribution is -2.32. The van der Waals surface area contributed by atoms with Crippen LogP contribution < -0.4 is 10.6 Å². The molecule has 0 unspecified atom stereocenters. The first-order chi connectivity index (χ1) is 10.5. The highest BCUT2D eigenvalue weighted by Gasteiger charge is 2.19. The molecule has 1 aromatic heterocycles. The summed E-state index contributed by atoms with van der Waals surface area (Å²) < 4.78 is 1.55. The molecule has 0 radical (unpaired) electrons. The average Bonchev–Trinajstić information content (AvgIpc) is 2.91. The third-order valence-electron chi connectivity index (χ3n) is 3.07. The number of carbonyl (C=O) groups excluding carboxylic acids is 2. The van der Waals surface area contributed by atoms with E-state index in [1.807, 2.05) is 44.2 Å². The van der Waals surface area contributed by atoms with Crippen molar-refractivity contribution in [2.45, 2.75) is 26.4 Å². The second-order valence-electron chi connectivity index (χ2n) is 5.27. The quantitative estimate of drug-likeness (QED) is 0.877. The molecule has 6 nitrogen and oxygen atoms in total. The Morgan fingerprint density at radius 1 is 1.18 bits per heavy atom. The van der Waals surface area contributed by atoms with Crippen LogP contribution in [-0.4, -0.2) is 34.7 Å². The number of aromatic nitrogens is 2. The van der Waals surface area contributed by atoms with Crippen LogP contribution in [0.25, 0.3) is 0 Å². The van der Waals surface area contributed by atoms with E-state index >= 15 is 0 Å². The van der Waals surface area contributed by atoms with Crippen LogP contribution in [0.3, 0.4) is 0 Å². The largest absolute Gasteiger partial charge is 0.354 e. The summed E-state index contributed by atoms with van der Waals surface area (Å²) in [6, 6.07) is 11.2. The van der Waals surface area contributed by atoms with Crippen molar-refractivity contribution in [2.24, 2.45) is 0 Å². The fraction of sp³-hybridized carbons (Fsp3) is 0.312. The highest BCUT2D eigenvalue weighted by atomic mass is 16.2. The second kappa shape index (κ2) is 6.89. The van der Waals surface area contributed by atoms with Crippen LogP contribution in [0.5, 0.6) is 0 Å². The molecule has 2 rings (SSSR count). The Hall–Kier alpha value is -2.63. The van der Waals surface area contributed by atoms with Crippen LogP contribution in [0.2, 0.25) is 0 Å². The van der Waals surface area contributed by atoms with Crippen molar-refractivity contribution in [1.82, 2.24) is 20.4 Å². The Kier molecular flexibility index (Phi) is 4.93. The smallest absolute Gasteiger partial charge is 0.271 e. The van der Waals surface area contributed by atoms with Gasteiger partial charge in [-0.1, -0.05) is 30.3 Å². The number of benzene rings is 1. The van der Waals surface area contributed by atoms with Gasteiger partial charge in [-0.05, 0) is 19.4 Å². The Balaban J connectivity index is 2.35. The molecule has 0 spiro atoms. The lowest BCUT2D eigenvalue weighted by Gasteiger charge is -2.10. The maximum absolute atomic E-state index is 12.3. The molecule has 0 fully saturated rings. The molecule has 1 heterocycles. The fourth-order valence-corrected chi connectivity index (χ4v) is 2.05. The maximum Gasteiger partial charge on any atom is 0.271 e. The van der Waals surface area contributed by atoms with Gasteiger partial charge in [0.25, 0.3) is 11.8 Å². The first-order valence-corrected chi connectivity index (χ1v) is 7.16. The summed E-state index contributed by atoms with van der Waals surface area (Å²) in [6.07, 6.45) is 0. The standard InChI is InChI=1S/C16H20N4O2/c1-11(2)18-16(22)14-9-13(15(21)17-3)19-20(14)10-12-7-5-4-6-8-12/h4-9,11H,10H2,1-3H3,(H,17,21)(H,18,22). The zero-order valence-corrected chi connectivity index (χ0v) is 13.0. The molecule has 6 heteroatoms. The third-order valence-corrected chi connectivity index (χ3v) is 3.07. The van der Waals surface area contributed by atoms with Crippen LogP contribution in [0.1, 0.15) is 40.4 Å². The van der Waals surface area contributed by atoms with E-state index in [0.29, 0.717) is 12.2 Å². The SMILES string of the molecule is CNC(=O)c1cc(C(=O)NC(C)C)n(Cc2ccccc2)n1. The minimum Gasteiger partial charge on any atom is -0.354 e. The molecular formula is C16H20N4O2. The van der Waals surface area contributed by atoms with Crippen molar-refractivity contribution in [3.63, 3.8) is 0 Å². The molecule has 0 aliphatic heterocycles. The number of hydrogen-bond acceptors (Lipinski definition) is 3. The lowest BCUT2D eigenvalue weighted by molar-refractivity contribution is 0.0930. The molecule has 22 heavy (non-hydrogen) atoms. The summed E-state index contributed by atoms with van der Waals surface area (Å²) in [6.45, 7) is 4.20. The number of carbonyl (C=O) groups is 2. The molecule has 0 saturated carbocycles. The van der Waals surface area contributed by atoms with Gasteiger partial charge in [0, 0.05) is 19.2 Å². The lowest BCUT2D eigenvalue weighted by atomic mass is 10.2. The van der Waals surface area contributed by atoms with Crippen LogP contribution in [-0.2, 0) is 6.54 Å². The van der Waals surface area contributed by atoms with Crippen molar-refractivity contribution in [3.8, 4) is 0 Å². The van der Waals surface area contributed by atoms with Crippen LogP contribution in [0, 0.1) is 0 Å². The van der Waals surface area contributed by atoms with Gasteiger partial charge in [0.1, 0.15) is 5.69 Å². The summed E-state index contributed by atoms with van der Waals surface area (Å²) >= 11 is 0. The van der Waals surface area contributed by atoms with E-state index in [0.717, 1.165) is 5.56 Å². The minimum atomic E-state index is -0.314. The van der Waals surface area contributed by atoms with Crippen LogP contribution >= 0.6 is 0 Å². The average molecular weight is 300 g/mol. The van der Waals surface area contributed by atoms with Crippen molar-refractivity contribution >= 4 is 11.8 Å². The highest BCUT2D eigenvalue weighted by Crippen LogP contribution is 2.09. The number of amides is 2. The number of rotatable bonds is 5. The van der Waals surface area contributed by atoms with E-state index < -0.39 is 0 Å². The van der Waals surface area contributed by atoms with E-state index in [1.54, 1.807) is 4.68 Å². The topological polar surface area (TPSA) is 76.0 Å². The summed E-state index contributed by atoms with van der Waals surface area (Å²) in [5, 5.41) is 9.59. The van der Waals surface area contributed by atoms with Crippen molar-refractivity contribution in [3.05, 3.63) is 53.3 Å². The van der Waals surface area contributed by atoms with Gasteiger partial charge in [-0.3, -0.25) is 14.3 Å². The molecule has 2 aromatic rings. The fourth-order valence-electron chi connectivity index (χ4n) is 2.05. The first kappa shape index (κ1) is 15.8. The Labute approximate surface area is 129 Å². The van der Waals surface area contributed by atoms with Crippen molar-refractivity contribution in [2.75, 3.05) is 7.05 Å².